The molecule has 0 saturated heterocycles. The summed E-state index contributed by atoms with van der Waals surface area (Å²) in [5.74, 6) is 0.136. The number of benzene rings is 2. The van der Waals surface area contributed by atoms with Gasteiger partial charge in [0.25, 0.3) is 5.91 Å². The third-order valence-electron chi connectivity index (χ3n) is 3.11. The molecule has 0 bridgehead atoms. The largest absolute Gasteiger partial charge is 0.481 e. The molecule has 1 unspecified atom stereocenters. The molecule has 1 heterocycles. The molecule has 0 saturated carbocycles. The van der Waals surface area contributed by atoms with Crippen molar-refractivity contribution in [2.75, 3.05) is 0 Å². The molecule has 3 aromatic rings. The van der Waals surface area contributed by atoms with E-state index in [9.17, 15) is 4.79 Å². The van der Waals surface area contributed by atoms with Gasteiger partial charge in [-0.3, -0.25) is 4.79 Å². The van der Waals surface area contributed by atoms with Gasteiger partial charge in [-0.1, -0.05) is 12.1 Å². The van der Waals surface area contributed by atoms with Crippen LogP contribution in [0, 0.1) is 0 Å². The molecule has 21 heavy (non-hydrogen) atoms. The number of para-hydroxylation sites is 1. The van der Waals surface area contributed by atoms with E-state index in [0.29, 0.717) is 5.75 Å². The van der Waals surface area contributed by atoms with Crippen LogP contribution in [-0.4, -0.2) is 17.0 Å². The Kier molecular flexibility index (Phi) is 3.58. The van der Waals surface area contributed by atoms with Crippen molar-refractivity contribution in [2.45, 2.75) is 13.0 Å². The van der Waals surface area contributed by atoms with Crippen molar-refractivity contribution in [3.63, 3.8) is 0 Å². The Labute approximate surface area is 126 Å². The maximum atomic E-state index is 11.0. The average Bonchev–Trinajstić information content (AvgIpc) is 2.91. The van der Waals surface area contributed by atoms with E-state index in [1.54, 1.807) is 18.3 Å². The van der Waals surface area contributed by atoms with Crippen molar-refractivity contribution in [3.8, 4) is 16.3 Å². The number of aromatic nitrogens is 1. The second-order valence-corrected chi connectivity index (χ2v) is 5.70. The fraction of sp³-hybridized carbons (Fsp3) is 0.125. The monoisotopic (exact) mass is 298 g/mol. The zero-order valence-electron chi connectivity index (χ0n) is 11.4. The number of primary amides is 1. The van der Waals surface area contributed by atoms with E-state index >= 15 is 0 Å². The molecule has 106 valence electrons. The minimum Gasteiger partial charge on any atom is -0.481 e. The number of thiazole rings is 1. The number of nitrogens with zero attached hydrogens (tertiary/aromatic N) is 1. The maximum Gasteiger partial charge on any atom is 0.258 e. The second kappa shape index (κ2) is 5.54. The van der Waals surface area contributed by atoms with Gasteiger partial charge in [-0.25, -0.2) is 4.98 Å². The van der Waals surface area contributed by atoms with Crippen LogP contribution in [0.15, 0.2) is 48.5 Å². The molecule has 1 amide bonds. The zero-order valence-corrected chi connectivity index (χ0v) is 12.3. The van der Waals surface area contributed by atoms with Crippen LogP contribution in [-0.2, 0) is 4.79 Å². The van der Waals surface area contributed by atoms with Crippen molar-refractivity contribution in [2.24, 2.45) is 5.73 Å². The van der Waals surface area contributed by atoms with Crippen LogP contribution < -0.4 is 10.5 Å². The smallest absolute Gasteiger partial charge is 0.258 e. The number of carbonyl (C=O) groups excluding carboxylic acids is 1. The van der Waals surface area contributed by atoms with E-state index in [1.165, 1.54) is 0 Å². The number of hydrogen-bond donors (Lipinski definition) is 1. The number of carbonyl (C=O) groups is 1. The third-order valence-corrected chi connectivity index (χ3v) is 4.19. The molecule has 0 aliphatic carbocycles. The first kappa shape index (κ1) is 13.6. The molecule has 1 atom stereocenters. The van der Waals surface area contributed by atoms with Crippen LogP contribution in [0.25, 0.3) is 20.8 Å². The van der Waals surface area contributed by atoms with Crippen LogP contribution in [0.4, 0.5) is 0 Å². The van der Waals surface area contributed by atoms with Crippen LogP contribution in [0.5, 0.6) is 5.75 Å². The number of ether oxygens (including phenoxy) is 1. The lowest BCUT2D eigenvalue weighted by Gasteiger charge is -2.11. The molecular formula is C16H14N2O2S. The van der Waals surface area contributed by atoms with Crippen LogP contribution in [0.1, 0.15) is 6.92 Å². The quantitative estimate of drug-likeness (QED) is 0.804. The van der Waals surface area contributed by atoms with Gasteiger partial charge in [0.1, 0.15) is 10.8 Å². The topological polar surface area (TPSA) is 65.2 Å². The highest BCUT2D eigenvalue weighted by molar-refractivity contribution is 7.21. The van der Waals surface area contributed by atoms with Gasteiger partial charge in [-0.05, 0) is 43.3 Å². The summed E-state index contributed by atoms with van der Waals surface area (Å²) >= 11 is 1.65. The van der Waals surface area contributed by atoms with E-state index in [1.807, 2.05) is 42.5 Å². The van der Waals surface area contributed by atoms with Crippen molar-refractivity contribution >= 4 is 27.5 Å². The standard InChI is InChI=1S/C16H14N2O2S/c1-10(15(17)19)20-12-8-6-11(7-9-12)16-18-13-4-2-3-5-14(13)21-16/h2-10H,1H3,(H2,17,19). The molecule has 1 aromatic heterocycles. The highest BCUT2D eigenvalue weighted by Crippen LogP contribution is 2.30. The predicted molar refractivity (Wildman–Crippen MR) is 84.3 cm³/mol. The van der Waals surface area contributed by atoms with Gasteiger partial charge >= 0.3 is 0 Å². The lowest BCUT2D eigenvalue weighted by molar-refractivity contribution is -0.123. The Morgan fingerprint density at radius 1 is 1.19 bits per heavy atom. The van der Waals surface area contributed by atoms with Gasteiger partial charge in [-0.15, -0.1) is 11.3 Å². The Hall–Kier alpha value is -2.40. The van der Waals surface area contributed by atoms with E-state index < -0.39 is 12.0 Å². The van der Waals surface area contributed by atoms with Crippen molar-refractivity contribution in [1.82, 2.24) is 4.98 Å². The number of hydrogen-bond acceptors (Lipinski definition) is 4. The van der Waals surface area contributed by atoms with Crippen molar-refractivity contribution in [1.29, 1.82) is 0 Å². The Morgan fingerprint density at radius 3 is 2.57 bits per heavy atom. The number of nitrogens with two attached hydrogens (primary N) is 1. The first-order valence-electron chi connectivity index (χ1n) is 6.55. The summed E-state index contributed by atoms with van der Waals surface area (Å²) in [4.78, 5) is 15.6. The molecule has 2 N–H and O–H groups in total. The molecule has 0 aliphatic rings. The molecule has 2 aromatic carbocycles. The van der Waals surface area contributed by atoms with Crippen LogP contribution in [0.2, 0.25) is 0 Å². The number of fused-ring (bicyclic) bond motifs is 1. The second-order valence-electron chi connectivity index (χ2n) is 4.67. The van der Waals surface area contributed by atoms with Gasteiger partial charge in [0, 0.05) is 5.56 Å². The Morgan fingerprint density at radius 2 is 1.90 bits per heavy atom. The lowest BCUT2D eigenvalue weighted by atomic mass is 10.2. The van der Waals surface area contributed by atoms with Crippen molar-refractivity contribution in [3.05, 3.63) is 48.5 Å². The normalized spacial score (nSPS) is 12.2. The molecule has 3 rings (SSSR count). The summed E-state index contributed by atoms with van der Waals surface area (Å²) in [5.41, 5.74) is 7.20. The predicted octanol–water partition coefficient (Wildman–Crippen LogP) is 3.22. The van der Waals surface area contributed by atoms with Crippen molar-refractivity contribution < 1.29 is 9.53 Å². The Balaban J connectivity index is 1.85. The summed E-state index contributed by atoms with van der Waals surface area (Å²) in [6.07, 6.45) is -0.640. The number of rotatable bonds is 4. The summed E-state index contributed by atoms with van der Waals surface area (Å²) in [7, 11) is 0. The van der Waals surface area contributed by atoms with Gasteiger partial charge < -0.3 is 10.5 Å². The van der Waals surface area contributed by atoms with Crippen LogP contribution in [0.3, 0.4) is 0 Å². The maximum absolute atomic E-state index is 11.0. The van der Waals surface area contributed by atoms with E-state index in [4.69, 9.17) is 10.5 Å². The van der Waals surface area contributed by atoms with Gasteiger partial charge in [0.05, 0.1) is 10.2 Å². The molecular weight excluding hydrogens is 284 g/mol. The number of amides is 1. The SMILES string of the molecule is CC(Oc1ccc(-c2nc3ccccc3s2)cc1)C(N)=O. The fourth-order valence-corrected chi connectivity index (χ4v) is 2.91. The third kappa shape index (κ3) is 2.87. The van der Waals surface area contributed by atoms with Gasteiger partial charge in [0.15, 0.2) is 6.10 Å². The minimum atomic E-state index is -0.640. The van der Waals surface area contributed by atoms with Gasteiger partial charge in [0.2, 0.25) is 0 Å². The van der Waals surface area contributed by atoms with E-state index in [2.05, 4.69) is 11.1 Å². The summed E-state index contributed by atoms with van der Waals surface area (Å²) in [5, 5.41) is 0.964. The zero-order chi connectivity index (χ0) is 14.8. The molecule has 0 radical (unpaired) electrons. The molecule has 5 heteroatoms. The first-order valence-corrected chi connectivity index (χ1v) is 7.37. The van der Waals surface area contributed by atoms with E-state index in [-0.39, 0.29) is 0 Å². The molecule has 4 nitrogen and oxygen atoms in total. The van der Waals surface area contributed by atoms with Gasteiger partial charge in [-0.2, -0.15) is 0 Å². The lowest BCUT2D eigenvalue weighted by Crippen LogP contribution is -2.30. The minimum absolute atomic E-state index is 0.481. The highest BCUT2D eigenvalue weighted by atomic mass is 32.1. The van der Waals surface area contributed by atoms with E-state index in [0.717, 1.165) is 20.8 Å². The fourth-order valence-electron chi connectivity index (χ4n) is 1.93. The van der Waals surface area contributed by atoms with Crippen LogP contribution >= 0.6 is 11.3 Å². The summed E-state index contributed by atoms with van der Waals surface area (Å²) < 4.78 is 6.60. The molecule has 0 aliphatic heterocycles. The molecule has 0 spiro atoms. The Bertz CT molecular complexity index is 747. The molecule has 0 fully saturated rings. The summed E-state index contributed by atoms with van der Waals surface area (Å²) in [6, 6.07) is 15.5. The average molecular weight is 298 g/mol. The highest BCUT2D eigenvalue weighted by Gasteiger charge is 2.11. The summed E-state index contributed by atoms with van der Waals surface area (Å²) in [6.45, 7) is 1.63. The first-order chi connectivity index (χ1) is 10.1.